The quantitative estimate of drug-likeness (QED) is 0.642. The zero-order valence-corrected chi connectivity index (χ0v) is 13.3. The second-order valence-corrected chi connectivity index (χ2v) is 5.98. The maximum absolute atomic E-state index is 6.01. The van der Waals surface area contributed by atoms with E-state index in [1.807, 2.05) is 12.1 Å². The molecule has 1 aromatic rings. The molecule has 1 fully saturated rings. The molecular formula is C15H21ClN2OS. The second kappa shape index (κ2) is 7.70. The van der Waals surface area contributed by atoms with Gasteiger partial charge >= 0.3 is 0 Å². The van der Waals surface area contributed by atoms with E-state index in [1.54, 1.807) is 13.2 Å². The van der Waals surface area contributed by atoms with Gasteiger partial charge in [-0.05, 0) is 43.3 Å². The van der Waals surface area contributed by atoms with Crippen LogP contribution in [0, 0.1) is 0 Å². The average Bonchev–Trinajstić information content (AvgIpc) is 2.67. The Balaban J connectivity index is 1.95. The molecule has 0 aliphatic heterocycles. The first-order valence-corrected chi connectivity index (χ1v) is 7.88. The highest BCUT2D eigenvalue weighted by Gasteiger charge is 2.14. The summed E-state index contributed by atoms with van der Waals surface area (Å²) in [7, 11) is 1.64. The molecule has 0 atom stereocenters. The van der Waals surface area contributed by atoms with Crippen molar-refractivity contribution >= 4 is 34.6 Å². The van der Waals surface area contributed by atoms with Gasteiger partial charge in [0.1, 0.15) is 5.75 Å². The van der Waals surface area contributed by atoms with Gasteiger partial charge in [-0.25, -0.2) is 0 Å². The summed E-state index contributed by atoms with van der Waals surface area (Å²) in [6.45, 7) is 0. The Hall–Kier alpha value is -1.00. The molecule has 3 nitrogen and oxygen atoms in total. The minimum Gasteiger partial charge on any atom is -0.495 e. The fraction of sp³-hybridized carbons (Fsp3) is 0.533. The van der Waals surface area contributed by atoms with Crippen molar-refractivity contribution in [1.29, 1.82) is 0 Å². The third-order valence-corrected chi connectivity index (χ3v) is 4.06. The molecule has 1 aliphatic rings. The Labute approximate surface area is 131 Å². The van der Waals surface area contributed by atoms with Gasteiger partial charge in [0.25, 0.3) is 0 Å². The summed E-state index contributed by atoms with van der Waals surface area (Å²) in [5, 5.41) is 7.88. The summed E-state index contributed by atoms with van der Waals surface area (Å²) in [6.07, 6.45) is 7.60. The van der Waals surface area contributed by atoms with E-state index >= 15 is 0 Å². The van der Waals surface area contributed by atoms with Crippen molar-refractivity contribution in [2.24, 2.45) is 0 Å². The van der Waals surface area contributed by atoms with Crippen molar-refractivity contribution in [1.82, 2.24) is 5.32 Å². The van der Waals surface area contributed by atoms with E-state index in [0.717, 1.165) is 11.4 Å². The maximum atomic E-state index is 6.01. The number of methoxy groups -OCH3 is 1. The van der Waals surface area contributed by atoms with E-state index in [-0.39, 0.29) is 0 Å². The molecule has 2 N–H and O–H groups in total. The fourth-order valence-electron chi connectivity index (χ4n) is 2.55. The van der Waals surface area contributed by atoms with E-state index < -0.39 is 0 Å². The van der Waals surface area contributed by atoms with Gasteiger partial charge in [0, 0.05) is 11.1 Å². The number of thiocarbonyl (C=S) groups is 1. The van der Waals surface area contributed by atoms with E-state index in [2.05, 4.69) is 10.6 Å². The molecule has 0 saturated heterocycles. The number of hydrogen-bond acceptors (Lipinski definition) is 2. The molecule has 0 aromatic heterocycles. The van der Waals surface area contributed by atoms with Gasteiger partial charge in [-0.15, -0.1) is 0 Å². The van der Waals surface area contributed by atoms with Crippen LogP contribution in [0.25, 0.3) is 0 Å². The summed E-state index contributed by atoms with van der Waals surface area (Å²) in [5.74, 6) is 0.736. The molecule has 110 valence electrons. The molecule has 2 rings (SSSR count). The highest BCUT2D eigenvalue weighted by atomic mass is 35.5. The molecule has 1 aromatic carbocycles. The third-order valence-electron chi connectivity index (χ3n) is 3.60. The Morgan fingerprint density at radius 1 is 1.25 bits per heavy atom. The van der Waals surface area contributed by atoms with Crippen molar-refractivity contribution in [3.05, 3.63) is 23.2 Å². The molecule has 0 radical (unpaired) electrons. The Morgan fingerprint density at radius 2 is 1.95 bits per heavy atom. The summed E-state index contributed by atoms with van der Waals surface area (Å²) in [6, 6.07) is 5.93. The lowest BCUT2D eigenvalue weighted by molar-refractivity contribution is 0.417. The Bertz CT molecular complexity index is 459. The van der Waals surface area contributed by atoms with Gasteiger partial charge in [-0.3, -0.25) is 0 Å². The normalized spacial score (nSPS) is 16.3. The predicted molar refractivity (Wildman–Crippen MR) is 88.9 cm³/mol. The number of rotatable bonds is 3. The average molecular weight is 313 g/mol. The monoisotopic (exact) mass is 312 g/mol. The number of benzene rings is 1. The van der Waals surface area contributed by atoms with Gasteiger partial charge in [0.05, 0.1) is 12.8 Å². The van der Waals surface area contributed by atoms with Crippen LogP contribution in [0.1, 0.15) is 38.5 Å². The van der Waals surface area contributed by atoms with Crippen molar-refractivity contribution in [2.45, 2.75) is 44.6 Å². The standard InChI is InChI=1S/C15H21ClN2OS/c1-19-14-9-8-11(16)10-13(14)18-15(20)17-12-6-4-2-3-5-7-12/h8-10,12H,2-7H2,1H3,(H2,17,18,20). The molecule has 0 amide bonds. The first kappa shape index (κ1) is 15.4. The van der Waals surface area contributed by atoms with E-state index in [9.17, 15) is 0 Å². The molecule has 5 heteroatoms. The van der Waals surface area contributed by atoms with Crippen LogP contribution >= 0.6 is 23.8 Å². The Kier molecular flexibility index (Phi) is 5.92. The highest BCUT2D eigenvalue weighted by molar-refractivity contribution is 7.80. The molecule has 0 unspecified atom stereocenters. The molecule has 1 saturated carbocycles. The topological polar surface area (TPSA) is 33.3 Å². The predicted octanol–water partition coefficient (Wildman–Crippen LogP) is 4.36. The van der Waals surface area contributed by atoms with Crippen LogP contribution in [0.2, 0.25) is 5.02 Å². The van der Waals surface area contributed by atoms with Gasteiger partial charge in [-0.2, -0.15) is 0 Å². The van der Waals surface area contributed by atoms with Crippen LogP contribution in [-0.4, -0.2) is 18.3 Å². The summed E-state index contributed by atoms with van der Waals surface area (Å²) >= 11 is 11.4. The Morgan fingerprint density at radius 3 is 2.60 bits per heavy atom. The van der Waals surface area contributed by atoms with Crippen molar-refractivity contribution < 1.29 is 4.74 Å². The van der Waals surface area contributed by atoms with E-state index in [0.29, 0.717) is 16.2 Å². The lowest BCUT2D eigenvalue weighted by Gasteiger charge is -2.20. The van der Waals surface area contributed by atoms with Gasteiger partial charge in [-0.1, -0.05) is 37.3 Å². The molecule has 20 heavy (non-hydrogen) atoms. The van der Waals surface area contributed by atoms with Crippen molar-refractivity contribution in [2.75, 3.05) is 12.4 Å². The van der Waals surface area contributed by atoms with Crippen LogP contribution in [0.4, 0.5) is 5.69 Å². The second-order valence-electron chi connectivity index (χ2n) is 5.13. The summed E-state index contributed by atoms with van der Waals surface area (Å²) in [4.78, 5) is 0. The zero-order chi connectivity index (χ0) is 14.4. The number of anilines is 1. The third kappa shape index (κ3) is 4.53. The van der Waals surface area contributed by atoms with Gasteiger partial charge < -0.3 is 15.4 Å². The fourth-order valence-corrected chi connectivity index (χ4v) is 2.99. The van der Waals surface area contributed by atoms with Crippen LogP contribution < -0.4 is 15.4 Å². The van der Waals surface area contributed by atoms with Gasteiger partial charge in [0.2, 0.25) is 0 Å². The zero-order valence-electron chi connectivity index (χ0n) is 11.7. The molecule has 0 bridgehead atoms. The first-order chi connectivity index (χ1) is 9.69. The van der Waals surface area contributed by atoms with Crippen LogP contribution in [0.3, 0.4) is 0 Å². The van der Waals surface area contributed by atoms with E-state index in [1.165, 1.54) is 38.5 Å². The van der Waals surface area contributed by atoms with Crippen LogP contribution in [0.15, 0.2) is 18.2 Å². The van der Waals surface area contributed by atoms with Crippen molar-refractivity contribution in [3.8, 4) is 5.75 Å². The number of nitrogens with one attached hydrogen (secondary N) is 2. The van der Waals surface area contributed by atoms with Crippen molar-refractivity contribution in [3.63, 3.8) is 0 Å². The minimum atomic E-state index is 0.475. The van der Waals surface area contributed by atoms with Crippen LogP contribution in [0.5, 0.6) is 5.75 Å². The lowest BCUT2D eigenvalue weighted by Crippen LogP contribution is -2.37. The van der Waals surface area contributed by atoms with Gasteiger partial charge in [0.15, 0.2) is 5.11 Å². The molecule has 1 aliphatic carbocycles. The molecule has 0 spiro atoms. The number of halogens is 1. The lowest BCUT2D eigenvalue weighted by atomic mass is 10.1. The SMILES string of the molecule is COc1ccc(Cl)cc1NC(=S)NC1CCCCCC1. The van der Waals surface area contributed by atoms with Crippen LogP contribution in [-0.2, 0) is 0 Å². The largest absolute Gasteiger partial charge is 0.495 e. The van der Waals surface area contributed by atoms with E-state index in [4.69, 9.17) is 28.6 Å². The highest BCUT2D eigenvalue weighted by Crippen LogP contribution is 2.27. The first-order valence-electron chi connectivity index (χ1n) is 7.10. The summed E-state index contributed by atoms with van der Waals surface area (Å²) < 4.78 is 5.30. The minimum absolute atomic E-state index is 0.475. The summed E-state index contributed by atoms with van der Waals surface area (Å²) in [5.41, 5.74) is 0.797. The molecular weight excluding hydrogens is 292 g/mol. The number of hydrogen-bond donors (Lipinski definition) is 2. The maximum Gasteiger partial charge on any atom is 0.171 e. The number of ether oxygens (including phenoxy) is 1. The smallest absolute Gasteiger partial charge is 0.171 e. The molecule has 0 heterocycles.